The minimum absolute atomic E-state index is 0.0680. The zero-order valence-corrected chi connectivity index (χ0v) is 15.0. The Hall–Kier alpha value is -3.21. The minimum Gasteiger partial charge on any atom is -0.339 e. The molecule has 1 aliphatic heterocycles. The molecule has 5 nitrogen and oxygen atoms in total. The summed E-state index contributed by atoms with van der Waals surface area (Å²) in [5, 5.41) is 0.584. The molecule has 1 aromatic heterocycles. The molecule has 0 radical (unpaired) electrons. The Morgan fingerprint density at radius 1 is 1.04 bits per heavy atom. The third-order valence-electron chi connectivity index (χ3n) is 5.00. The van der Waals surface area contributed by atoms with Gasteiger partial charge in [-0.05, 0) is 29.7 Å². The van der Waals surface area contributed by atoms with E-state index in [1.54, 1.807) is 6.07 Å². The molecule has 0 atom stereocenters. The van der Waals surface area contributed by atoms with Crippen molar-refractivity contribution >= 4 is 22.4 Å². The van der Waals surface area contributed by atoms with Crippen LogP contribution in [0.4, 0.5) is 0 Å². The average molecular weight is 359 g/mol. The molecule has 0 N–H and O–H groups in total. The number of hydrogen-bond acceptors (Lipinski definition) is 3. The van der Waals surface area contributed by atoms with E-state index in [0.29, 0.717) is 37.0 Å². The second kappa shape index (κ2) is 7.58. The zero-order valence-electron chi connectivity index (χ0n) is 15.0. The molecule has 136 valence electrons. The highest BCUT2D eigenvalue weighted by atomic mass is 16.2. The number of fused-ring (bicyclic) bond motifs is 1. The van der Waals surface area contributed by atoms with Crippen molar-refractivity contribution in [1.29, 1.82) is 0 Å². The SMILES string of the molecule is O=C(CCn1cnc2ccccc2c1=O)N1CC=C(c2ccccc2)CC1. The van der Waals surface area contributed by atoms with E-state index in [0.717, 1.165) is 6.42 Å². The molecule has 0 aliphatic carbocycles. The highest BCUT2D eigenvalue weighted by Gasteiger charge is 2.18. The van der Waals surface area contributed by atoms with E-state index in [2.05, 4.69) is 23.2 Å². The Morgan fingerprint density at radius 2 is 1.81 bits per heavy atom. The van der Waals surface area contributed by atoms with Crippen LogP contribution in [0, 0.1) is 0 Å². The Bertz CT molecular complexity index is 1050. The summed E-state index contributed by atoms with van der Waals surface area (Å²) in [4.78, 5) is 31.2. The van der Waals surface area contributed by atoms with Gasteiger partial charge in [-0.2, -0.15) is 0 Å². The Kier molecular flexibility index (Phi) is 4.83. The van der Waals surface area contributed by atoms with Crippen molar-refractivity contribution in [2.75, 3.05) is 13.1 Å². The molecule has 0 fully saturated rings. The lowest BCUT2D eigenvalue weighted by atomic mass is 9.99. The van der Waals surface area contributed by atoms with Crippen LogP contribution in [0.15, 0.2) is 71.8 Å². The third kappa shape index (κ3) is 3.67. The van der Waals surface area contributed by atoms with Gasteiger partial charge in [-0.15, -0.1) is 0 Å². The van der Waals surface area contributed by atoms with Crippen LogP contribution >= 0.6 is 0 Å². The highest BCUT2D eigenvalue weighted by molar-refractivity contribution is 5.79. The van der Waals surface area contributed by atoms with E-state index in [1.807, 2.05) is 41.3 Å². The second-order valence-corrected chi connectivity index (χ2v) is 6.70. The van der Waals surface area contributed by atoms with Crippen LogP contribution in [0.5, 0.6) is 0 Å². The van der Waals surface area contributed by atoms with E-state index >= 15 is 0 Å². The van der Waals surface area contributed by atoms with Crippen LogP contribution in [0.25, 0.3) is 16.5 Å². The van der Waals surface area contributed by atoms with Crippen molar-refractivity contribution in [2.45, 2.75) is 19.4 Å². The summed E-state index contributed by atoms with van der Waals surface area (Å²) in [7, 11) is 0. The van der Waals surface area contributed by atoms with Crippen molar-refractivity contribution in [1.82, 2.24) is 14.5 Å². The molecular weight excluding hydrogens is 338 g/mol. The molecular formula is C22H21N3O2. The standard InChI is InChI=1S/C22H21N3O2/c26-21(24-13-10-18(11-14-24)17-6-2-1-3-7-17)12-15-25-16-23-20-9-5-4-8-19(20)22(25)27/h1-10,16H,11-15H2. The summed E-state index contributed by atoms with van der Waals surface area (Å²) in [5.41, 5.74) is 3.09. The summed E-state index contributed by atoms with van der Waals surface area (Å²) in [5.74, 6) is 0.0680. The number of amides is 1. The fraction of sp³-hybridized carbons (Fsp3) is 0.227. The Morgan fingerprint density at radius 3 is 2.59 bits per heavy atom. The van der Waals surface area contributed by atoms with Crippen molar-refractivity contribution < 1.29 is 4.79 Å². The molecule has 3 aromatic rings. The van der Waals surface area contributed by atoms with E-state index in [9.17, 15) is 9.59 Å². The number of nitrogens with zero attached hydrogens (tertiary/aromatic N) is 3. The van der Waals surface area contributed by atoms with E-state index in [1.165, 1.54) is 22.0 Å². The van der Waals surface area contributed by atoms with Crippen molar-refractivity contribution in [2.24, 2.45) is 0 Å². The lowest BCUT2D eigenvalue weighted by Crippen LogP contribution is -2.35. The van der Waals surface area contributed by atoms with Crippen molar-refractivity contribution in [3.63, 3.8) is 0 Å². The quantitative estimate of drug-likeness (QED) is 0.719. The lowest BCUT2D eigenvalue weighted by molar-refractivity contribution is -0.131. The fourth-order valence-electron chi connectivity index (χ4n) is 3.45. The van der Waals surface area contributed by atoms with Crippen molar-refractivity contribution in [3.8, 4) is 0 Å². The highest BCUT2D eigenvalue weighted by Crippen LogP contribution is 2.22. The molecule has 1 aliphatic rings. The number of aromatic nitrogens is 2. The van der Waals surface area contributed by atoms with Crippen LogP contribution in [0.2, 0.25) is 0 Å². The monoisotopic (exact) mass is 359 g/mol. The maximum Gasteiger partial charge on any atom is 0.261 e. The van der Waals surface area contributed by atoms with Crippen LogP contribution in [-0.4, -0.2) is 33.4 Å². The summed E-state index contributed by atoms with van der Waals surface area (Å²) >= 11 is 0. The van der Waals surface area contributed by atoms with Gasteiger partial charge in [0.25, 0.3) is 5.56 Å². The number of para-hydroxylation sites is 1. The maximum absolute atomic E-state index is 12.6. The van der Waals surface area contributed by atoms with Crippen molar-refractivity contribution in [3.05, 3.63) is 82.9 Å². The number of benzene rings is 2. The first-order valence-corrected chi connectivity index (χ1v) is 9.19. The Balaban J connectivity index is 1.40. The van der Waals surface area contributed by atoms with Gasteiger partial charge in [0.15, 0.2) is 0 Å². The van der Waals surface area contributed by atoms with Gasteiger partial charge in [-0.25, -0.2) is 4.98 Å². The molecule has 4 rings (SSSR count). The summed E-state index contributed by atoms with van der Waals surface area (Å²) in [6.45, 7) is 1.68. The molecule has 2 heterocycles. The topological polar surface area (TPSA) is 55.2 Å². The summed E-state index contributed by atoms with van der Waals surface area (Å²) in [6.07, 6.45) is 4.81. The number of rotatable bonds is 4. The average Bonchev–Trinajstić information content (AvgIpc) is 2.74. The first kappa shape index (κ1) is 17.2. The predicted molar refractivity (Wildman–Crippen MR) is 106 cm³/mol. The summed E-state index contributed by atoms with van der Waals surface area (Å²) in [6, 6.07) is 17.5. The summed E-state index contributed by atoms with van der Waals surface area (Å²) < 4.78 is 1.52. The number of carbonyl (C=O) groups excluding carboxylic acids is 1. The first-order chi connectivity index (χ1) is 13.2. The van der Waals surface area contributed by atoms with Gasteiger partial charge >= 0.3 is 0 Å². The molecule has 0 bridgehead atoms. The normalized spacial score (nSPS) is 14.2. The fourth-order valence-corrected chi connectivity index (χ4v) is 3.45. The van der Waals surface area contributed by atoms with Crippen LogP contribution < -0.4 is 5.56 Å². The second-order valence-electron chi connectivity index (χ2n) is 6.70. The number of carbonyl (C=O) groups is 1. The van der Waals surface area contributed by atoms with E-state index < -0.39 is 0 Å². The molecule has 1 amide bonds. The van der Waals surface area contributed by atoms with Gasteiger partial charge in [0.05, 0.1) is 17.2 Å². The largest absolute Gasteiger partial charge is 0.339 e. The first-order valence-electron chi connectivity index (χ1n) is 9.19. The molecule has 5 heteroatoms. The smallest absolute Gasteiger partial charge is 0.261 e. The van der Waals surface area contributed by atoms with Gasteiger partial charge in [-0.1, -0.05) is 48.5 Å². The number of hydrogen-bond donors (Lipinski definition) is 0. The molecule has 0 saturated heterocycles. The minimum atomic E-state index is -0.0988. The van der Waals surface area contributed by atoms with Crippen LogP contribution in [-0.2, 0) is 11.3 Å². The van der Waals surface area contributed by atoms with Gasteiger partial charge in [0.2, 0.25) is 5.91 Å². The lowest BCUT2D eigenvalue weighted by Gasteiger charge is -2.27. The zero-order chi connectivity index (χ0) is 18.6. The molecule has 0 spiro atoms. The van der Waals surface area contributed by atoms with Gasteiger partial charge in [0, 0.05) is 26.1 Å². The van der Waals surface area contributed by atoms with E-state index in [-0.39, 0.29) is 11.5 Å². The number of aryl methyl sites for hydroxylation is 1. The Labute approximate surface area is 157 Å². The van der Waals surface area contributed by atoms with Crippen LogP contribution in [0.1, 0.15) is 18.4 Å². The third-order valence-corrected chi connectivity index (χ3v) is 5.00. The van der Waals surface area contributed by atoms with Gasteiger partial charge in [0.1, 0.15) is 0 Å². The predicted octanol–water partition coefficient (Wildman–Crippen LogP) is 3.10. The molecule has 0 saturated carbocycles. The van der Waals surface area contributed by atoms with Gasteiger partial charge < -0.3 is 4.90 Å². The molecule has 27 heavy (non-hydrogen) atoms. The molecule has 2 aromatic carbocycles. The molecule has 0 unspecified atom stereocenters. The maximum atomic E-state index is 12.6. The van der Waals surface area contributed by atoms with E-state index in [4.69, 9.17) is 0 Å². The van der Waals surface area contributed by atoms with Gasteiger partial charge in [-0.3, -0.25) is 14.2 Å². The van der Waals surface area contributed by atoms with Crippen LogP contribution in [0.3, 0.4) is 0 Å².